The third-order valence-electron chi connectivity index (χ3n) is 2.51. The van der Waals surface area contributed by atoms with E-state index in [1.165, 1.54) is 0 Å². The standard InChI is InChI=1S/C14H23NO3/c1-11(2)18-13-6-4-5-12(9-13)14(10-16)15-7-8-17-3/h4-6,9,11,14-16H,7-8,10H2,1-3H3. The summed E-state index contributed by atoms with van der Waals surface area (Å²) in [7, 11) is 1.66. The molecule has 0 heterocycles. The molecule has 0 saturated carbocycles. The fourth-order valence-corrected chi connectivity index (χ4v) is 1.70. The summed E-state index contributed by atoms with van der Waals surface area (Å²) in [6.45, 7) is 5.37. The van der Waals surface area contributed by atoms with Crippen LogP contribution in [0.15, 0.2) is 24.3 Å². The maximum atomic E-state index is 9.41. The molecule has 0 radical (unpaired) electrons. The van der Waals surface area contributed by atoms with Crippen LogP contribution in [0.2, 0.25) is 0 Å². The summed E-state index contributed by atoms with van der Waals surface area (Å²) < 4.78 is 10.6. The van der Waals surface area contributed by atoms with Crippen LogP contribution in [0.1, 0.15) is 25.5 Å². The van der Waals surface area contributed by atoms with E-state index in [9.17, 15) is 5.11 Å². The molecule has 102 valence electrons. The van der Waals surface area contributed by atoms with Crippen LogP contribution in [0.5, 0.6) is 5.75 Å². The molecule has 1 atom stereocenters. The summed E-state index contributed by atoms with van der Waals surface area (Å²) in [5, 5.41) is 12.6. The van der Waals surface area contributed by atoms with Crippen molar-refractivity contribution >= 4 is 0 Å². The van der Waals surface area contributed by atoms with Crippen molar-refractivity contribution < 1.29 is 14.6 Å². The zero-order valence-electron chi connectivity index (χ0n) is 11.3. The van der Waals surface area contributed by atoms with Crippen molar-refractivity contribution in [2.75, 3.05) is 26.9 Å². The fourth-order valence-electron chi connectivity index (χ4n) is 1.70. The van der Waals surface area contributed by atoms with Gasteiger partial charge in [0.2, 0.25) is 0 Å². The molecular formula is C14H23NO3. The molecular weight excluding hydrogens is 230 g/mol. The van der Waals surface area contributed by atoms with E-state index in [0.717, 1.165) is 11.3 Å². The minimum absolute atomic E-state index is 0.0504. The highest BCUT2D eigenvalue weighted by molar-refractivity contribution is 5.30. The molecule has 1 aromatic carbocycles. The highest BCUT2D eigenvalue weighted by atomic mass is 16.5. The van der Waals surface area contributed by atoms with Gasteiger partial charge in [-0.25, -0.2) is 0 Å². The number of aliphatic hydroxyl groups excluding tert-OH is 1. The van der Waals surface area contributed by atoms with E-state index >= 15 is 0 Å². The van der Waals surface area contributed by atoms with Gasteiger partial charge < -0.3 is 19.9 Å². The van der Waals surface area contributed by atoms with Gasteiger partial charge in [-0.3, -0.25) is 0 Å². The van der Waals surface area contributed by atoms with Crippen LogP contribution in [-0.4, -0.2) is 38.1 Å². The third kappa shape index (κ3) is 5.04. The van der Waals surface area contributed by atoms with Gasteiger partial charge in [0.15, 0.2) is 0 Å². The molecule has 0 aliphatic rings. The van der Waals surface area contributed by atoms with E-state index in [1.54, 1.807) is 7.11 Å². The van der Waals surface area contributed by atoms with E-state index < -0.39 is 0 Å². The number of rotatable bonds is 8. The van der Waals surface area contributed by atoms with Crippen LogP contribution in [0.25, 0.3) is 0 Å². The van der Waals surface area contributed by atoms with Gasteiger partial charge in [0, 0.05) is 13.7 Å². The van der Waals surface area contributed by atoms with Crippen molar-refractivity contribution in [3.8, 4) is 5.75 Å². The van der Waals surface area contributed by atoms with Gasteiger partial charge in [0.25, 0.3) is 0 Å². The van der Waals surface area contributed by atoms with Crippen molar-refractivity contribution in [1.29, 1.82) is 0 Å². The number of benzene rings is 1. The molecule has 4 nitrogen and oxygen atoms in total. The second-order valence-corrected chi connectivity index (χ2v) is 4.42. The van der Waals surface area contributed by atoms with Gasteiger partial charge in [-0.05, 0) is 31.5 Å². The van der Waals surface area contributed by atoms with Crippen LogP contribution in [0.3, 0.4) is 0 Å². The molecule has 1 aromatic rings. The van der Waals surface area contributed by atoms with Crippen LogP contribution in [0.4, 0.5) is 0 Å². The highest BCUT2D eigenvalue weighted by Gasteiger charge is 2.10. The summed E-state index contributed by atoms with van der Waals surface area (Å²) in [5.74, 6) is 0.828. The van der Waals surface area contributed by atoms with Gasteiger partial charge in [0.05, 0.1) is 25.4 Å². The Bertz CT molecular complexity index is 342. The maximum Gasteiger partial charge on any atom is 0.120 e. The Hall–Kier alpha value is -1.10. The zero-order chi connectivity index (χ0) is 13.4. The molecule has 0 fully saturated rings. The lowest BCUT2D eigenvalue weighted by Gasteiger charge is -2.18. The van der Waals surface area contributed by atoms with Crippen LogP contribution >= 0.6 is 0 Å². The Labute approximate surface area is 109 Å². The van der Waals surface area contributed by atoms with Gasteiger partial charge >= 0.3 is 0 Å². The summed E-state index contributed by atoms with van der Waals surface area (Å²) >= 11 is 0. The third-order valence-corrected chi connectivity index (χ3v) is 2.51. The number of hydrogen-bond donors (Lipinski definition) is 2. The Morgan fingerprint density at radius 1 is 1.33 bits per heavy atom. The molecule has 0 saturated heterocycles. The van der Waals surface area contributed by atoms with Crippen LogP contribution < -0.4 is 10.1 Å². The van der Waals surface area contributed by atoms with Crippen molar-refractivity contribution in [2.24, 2.45) is 0 Å². The lowest BCUT2D eigenvalue weighted by molar-refractivity contribution is 0.184. The first-order valence-electron chi connectivity index (χ1n) is 6.27. The van der Waals surface area contributed by atoms with E-state index in [4.69, 9.17) is 9.47 Å². The average molecular weight is 253 g/mol. The first-order chi connectivity index (χ1) is 8.67. The van der Waals surface area contributed by atoms with Gasteiger partial charge in [0.1, 0.15) is 5.75 Å². The zero-order valence-corrected chi connectivity index (χ0v) is 11.3. The van der Waals surface area contributed by atoms with E-state index in [-0.39, 0.29) is 18.8 Å². The maximum absolute atomic E-state index is 9.41. The number of aliphatic hydroxyl groups is 1. The topological polar surface area (TPSA) is 50.7 Å². The lowest BCUT2D eigenvalue weighted by Crippen LogP contribution is -2.27. The quantitative estimate of drug-likeness (QED) is 0.693. The van der Waals surface area contributed by atoms with Gasteiger partial charge in [-0.15, -0.1) is 0 Å². The van der Waals surface area contributed by atoms with Gasteiger partial charge in [-0.2, -0.15) is 0 Å². The molecule has 4 heteroatoms. The van der Waals surface area contributed by atoms with E-state index in [1.807, 2.05) is 38.1 Å². The summed E-state index contributed by atoms with van der Waals surface area (Å²) in [6, 6.07) is 7.71. The summed E-state index contributed by atoms with van der Waals surface area (Å²) in [4.78, 5) is 0. The monoisotopic (exact) mass is 253 g/mol. The number of methoxy groups -OCH3 is 1. The Morgan fingerprint density at radius 2 is 2.11 bits per heavy atom. The average Bonchev–Trinajstić information content (AvgIpc) is 2.34. The first kappa shape index (κ1) is 15.0. The van der Waals surface area contributed by atoms with Crippen molar-refractivity contribution in [2.45, 2.75) is 26.0 Å². The van der Waals surface area contributed by atoms with Crippen molar-refractivity contribution in [3.63, 3.8) is 0 Å². The molecule has 0 amide bonds. The molecule has 2 N–H and O–H groups in total. The summed E-state index contributed by atoms with van der Waals surface area (Å²) in [6.07, 6.45) is 0.147. The predicted molar refractivity (Wildman–Crippen MR) is 71.9 cm³/mol. The number of hydrogen-bond acceptors (Lipinski definition) is 4. The molecule has 0 bridgehead atoms. The van der Waals surface area contributed by atoms with E-state index in [0.29, 0.717) is 13.2 Å². The summed E-state index contributed by atoms with van der Waals surface area (Å²) in [5.41, 5.74) is 1.02. The molecule has 0 aliphatic heterocycles. The highest BCUT2D eigenvalue weighted by Crippen LogP contribution is 2.20. The Balaban J connectivity index is 2.66. The minimum atomic E-state index is -0.0872. The largest absolute Gasteiger partial charge is 0.491 e. The minimum Gasteiger partial charge on any atom is -0.491 e. The molecule has 0 spiro atoms. The van der Waals surface area contributed by atoms with Crippen LogP contribution in [-0.2, 0) is 4.74 Å². The second-order valence-electron chi connectivity index (χ2n) is 4.42. The van der Waals surface area contributed by atoms with Crippen LogP contribution in [0, 0.1) is 0 Å². The van der Waals surface area contributed by atoms with Crippen molar-refractivity contribution in [3.05, 3.63) is 29.8 Å². The molecule has 1 rings (SSSR count). The smallest absolute Gasteiger partial charge is 0.120 e. The fraction of sp³-hybridized carbons (Fsp3) is 0.571. The SMILES string of the molecule is COCCNC(CO)c1cccc(OC(C)C)c1. The lowest BCUT2D eigenvalue weighted by atomic mass is 10.1. The number of nitrogens with one attached hydrogen (secondary N) is 1. The van der Waals surface area contributed by atoms with Crippen molar-refractivity contribution in [1.82, 2.24) is 5.32 Å². The molecule has 1 unspecified atom stereocenters. The second kappa shape index (κ2) is 8.08. The predicted octanol–water partition coefficient (Wildman–Crippen LogP) is 1.74. The number of ether oxygens (including phenoxy) is 2. The van der Waals surface area contributed by atoms with E-state index in [2.05, 4.69) is 5.32 Å². The Kier molecular flexibility index (Phi) is 6.72. The molecule has 0 aromatic heterocycles. The van der Waals surface area contributed by atoms with Gasteiger partial charge in [-0.1, -0.05) is 12.1 Å². The normalized spacial score (nSPS) is 12.7. The first-order valence-corrected chi connectivity index (χ1v) is 6.27. The molecule has 0 aliphatic carbocycles. The Morgan fingerprint density at radius 3 is 2.72 bits per heavy atom. The molecule has 18 heavy (non-hydrogen) atoms.